The van der Waals surface area contributed by atoms with Gasteiger partial charge in [0.05, 0.1) is 6.42 Å². The minimum absolute atomic E-state index is 0.111. The molecule has 0 radical (unpaired) electrons. The van der Waals surface area contributed by atoms with E-state index < -0.39 is 12.0 Å². The largest absolute Gasteiger partial charge is 0.481 e. The Labute approximate surface area is 124 Å². The van der Waals surface area contributed by atoms with Crippen LogP contribution in [0, 0.1) is 5.82 Å². The Morgan fingerprint density at radius 3 is 2.19 bits per heavy atom. The van der Waals surface area contributed by atoms with Crippen LogP contribution in [0.2, 0.25) is 0 Å². The van der Waals surface area contributed by atoms with Crippen LogP contribution < -0.4 is 4.90 Å². The third kappa shape index (κ3) is 4.44. The molecule has 0 spiro atoms. The van der Waals surface area contributed by atoms with E-state index in [0.29, 0.717) is 18.8 Å². The summed E-state index contributed by atoms with van der Waals surface area (Å²) < 4.78 is 13.0. The molecule has 0 heterocycles. The molecule has 0 bridgehead atoms. The van der Waals surface area contributed by atoms with Crippen LogP contribution in [0.15, 0.2) is 24.3 Å². The Hall–Kier alpha value is -2.11. The quantitative estimate of drug-likeness (QED) is 0.878. The van der Waals surface area contributed by atoms with Crippen LogP contribution in [0.1, 0.15) is 27.2 Å². The summed E-state index contributed by atoms with van der Waals surface area (Å²) in [5.74, 6) is -1.31. The molecule has 0 aromatic heterocycles. The lowest BCUT2D eigenvalue weighted by Gasteiger charge is -2.33. The van der Waals surface area contributed by atoms with Crippen molar-refractivity contribution in [1.82, 2.24) is 4.90 Å². The molecule has 0 aliphatic rings. The number of nitrogens with zero attached hydrogens (tertiary/aromatic N) is 2. The third-order valence-electron chi connectivity index (χ3n) is 3.27. The van der Waals surface area contributed by atoms with E-state index in [1.54, 1.807) is 13.8 Å². The van der Waals surface area contributed by atoms with E-state index in [9.17, 15) is 14.0 Å². The zero-order valence-corrected chi connectivity index (χ0v) is 12.5. The van der Waals surface area contributed by atoms with Crippen molar-refractivity contribution in [3.8, 4) is 0 Å². The number of rotatable bonds is 6. The SMILES string of the molecule is CCN(C(=O)N(CC)C(C)CC(=O)O)c1ccc(F)cc1. The van der Waals surface area contributed by atoms with Crippen LogP contribution in [-0.2, 0) is 4.79 Å². The summed E-state index contributed by atoms with van der Waals surface area (Å²) in [6.45, 7) is 6.14. The normalized spacial score (nSPS) is 11.8. The van der Waals surface area contributed by atoms with Crippen LogP contribution in [0.5, 0.6) is 0 Å². The number of anilines is 1. The highest BCUT2D eigenvalue weighted by molar-refractivity contribution is 5.92. The third-order valence-corrected chi connectivity index (χ3v) is 3.27. The molecule has 1 aromatic carbocycles. The topological polar surface area (TPSA) is 60.9 Å². The van der Waals surface area contributed by atoms with Crippen LogP contribution in [0.4, 0.5) is 14.9 Å². The first-order valence-electron chi connectivity index (χ1n) is 6.96. The molecule has 0 aliphatic heterocycles. The van der Waals surface area contributed by atoms with Crippen molar-refractivity contribution in [1.29, 1.82) is 0 Å². The average Bonchev–Trinajstić information content (AvgIpc) is 2.41. The first-order valence-corrected chi connectivity index (χ1v) is 6.96. The van der Waals surface area contributed by atoms with E-state index in [1.165, 1.54) is 34.1 Å². The number of carboxylic acids is 1. The number of carboxylic acid groups (broad SMARTS) is 1. The highest BCUT2D eigenvalue weighted by Gasteiger charge is 2.25. The van der Waals surface area contributed by atoms with Crippen molar-refractivity contribution in [2.75, 3.05) is 18.0 Å². The molecular weight excluding hydrogens is 275 g/mol. The van der Waals surface area contributed by atoms with Gasteiger partial charge in [-0.3, -0.25) is 9.69 Å². The molecular formula is C15H21FN2O3. The average molecular weight is 296 g/mol. The van der Waals surface area contributed by atoms with Crippen LogP contribution in [0.25, 0.3) is 0 Å². The van der Waals surface area contributed by atoms with Crippen molar-refractivity contribution < 1.29 is 19.1 Å². The van der Waals surface area contributed by atoms with Gasteiger partial charge in [-0.25, -0.2) is 9.18 Å². The van der Waals surface area contributed by atoms with Gasteiger partial charge in [0.2, 0.25) is 0 Å². The second kappa shape index (κ2) is 7.61. The second-order valence-corrected chi connectivity index (χ2v) is 4.74. The molecule has 0 aliphatic carbocycles. The number of aliphatic carboxylic acids is 1. The molecule has 116 valence electrons. The molecule has 5 nitrogen and oxygen atoms in total. The number of halogens is 1. The summed E-state index contributed by atoms with van der Waals surface area (Å²) >= 11 is 0. The lowest BCUT2D eigenvalue weighted by atomic mass is 10.2. The van der Waals surface area contributed by atoms with E-state index >= 15 is 0 Å². The summed E-state index contributed by atoms with van der Waals surface area (Å²) in [4.78, 5) is 26.4. The van der Waals surface area contributed by atoms with Crippen LogP contribution >= 0.6 is 0 Å². The molecule has 1 atom stereocenters. The minimum Gasteiger partial charge on any atom is -0.481 e. The molecule has 21 heavy (non-hydrogen) atoms. The van der Waals surface area contributed by atoms with Gasteiger partial charge in [0.15, 0.2) is 0 Å². The van der Waals surface area contributed by atoms with Gasteiger partial charge in [0, 0.05) is 24.8 Å². The Bertz CT molecular complexity index is 490. The van der Waals surface area contributed by atoms with Gasteiger partial charge < -0.3 is 10.0 Å². The number of hydrogen-bond acceptors (Lipinski definition) is 2. The minimum atomic E-state index is -0.946. The van der Waals surface area contributed by atoms with Gasteiger partial charge in [-0.05, 0) is 45.0 Å². The molecule has 1 rings (SSSR count). The van der Waals surface area contributed by atoms with Gasteiger partial charge in [-0.15, -0.1) is 0 Å². The standard InChI is InChI=1S/C15H21FN2O3/c1-4-17(11(3)10-14(19)20)15(21)18(5-2)13-8-6-12(16)7-9-13/h6-9,11H,4-5,10H2,1-3H3,(H,19,20). The summed E-state index contributed by atoms with van der Waals surface area (Å²) in [6.07, 6.45) is -0.111. The van der Waals surface area contributed by atoms with Crippen molar-refractivity contribution in [3.63, 3.8) is 0 Å². The number of benzene rings is 1. The maximum absolute atomic E-state index is 13.0. The van der Waals surface area contributed by atoms with E-state index in [1.807, 2.05) is 6.92 Å². The fourth-order valence-corrected chi connectivity index (χ4v) is 2.20. The van der Waals surface area contributed by atoms with Crippen molar-refractivity contribution in [2.45, 2.75) is 33.2 Å². The van der Waals surface area contributed by atoms with Crippen LogP contribution in [-0.4, -0.2) is 41.1 Å². The Morgan fingerprint density at radius 1 is 1.19 bits per heavy atom. The Morgan fingerprint density at radius 2 is 1.76 bits per heavy atom. The van der Waals surface area contributed by atoms with Gasteiger partial charge in [0.1, 0.15) is 5.82 Å². The van der Waals surface area contributed by atoms with Crippen molar-refractivity contribution >= 4 is 17.7 Å². The van der Waals surface area contributed by atoms with E-state index in [2.05, 4.69) is 0 Å². The molecule has 1 unspecified atom stereocenters. The zero-order chi connectivity index (χ0) is 16.0. The number of hydrogen-bond donors (Lipinski definition) is 1. The first kappa shape index (κ1) is 16.9. The van der Waals surface area contributed by atoms with Gasteiger partial charge >= 0.3 is 12.0 Å². The Kier molecular flexibility index (Phi) is 6.14. The molecule has 0 fully saturated rings. The first-order chi connectivity index (χ1) is 9.90. The van der Waals surface area contributed by atoms with Crippen LogP contribution in [0.3, 0.4) is 0 Å². The van der Waals surface area contributed by atoms with Crippen molar-refractivity contribution in [2.24, 2.45) is 0 Å². The second-order valence-electron chi connectivity index (χ2n) is 4.74. The smallest absolute Gasteiger partial charge is 0.324 e. The fourth-order valence-electron chi connectivity index (χ4n) is 2.20. The van der Waals surface area contributed by atoms with Crippen molar-refractivity contribution in [3.05, 3.63) is 30.1 Å². The fraction of sp³-hybridized carbons (Fsp3) is 0.467. The number of urea groups is 1. The maximum atomic E-state index is 13.0. The highest BCUT2D eigenvalue weighted by Crippen LogP contribution is 2.18. The van der Waals surface area contributed by atoms with Gasteiger partial charge in [0.25, 0.3) is 0 Å². The predicted octanol–water partition coefficient (Wildman–Crippen LogP) is 2.96. The number of carbonyl (C=O) groups excluding carboxylic acids is 1. The van der Waals surface area contributed by atoms with E-state index in [0.717, 1.165) is 0 Å². The van der Waals surface area contributed by atoms with E-state index in [4.69, 9.17) is 5.11 Å². The van der Waals surface area contributed by atoms with E-state index in [-0.39, 0.29) is 18.3 Å². The molecule has 1 N–H and O–H groups in total. The lowest BCUT2D eigenvalue weighted by Crippen LogP contribution is -2.48. The van der Waals surface area contributed by atoms with Gasteiger partial charge in [-0.2, -0.15) is 0 Å². The summed E-state index contributed by atoms with van der Waals surface area (Å²) in [5, 5.41) is 8.86. The summed E-state index contributed by atoms with van der Waals surface area (Å²) in [6, 6.07) is 4.97. The molecule has 0 saturated heterocycles. The molecule has 0 saturated carbocycles. The molecule has 6 heteroatoms. The number of amides is 2. The summed E-state index contributed by atoms with van der Waals surface area (Å²) in [5.41, 5.74) is 0.588. The zero-order valence-electron chi connectivity index (χ0n) is 12.5. The molecule has 1 aromatic rings. The number of carbonyl (C=O) groups is 2. The monoisotopic (exact) mass is 296 g/mol. The van der Waals surface area contributed by atoms with Gasteiger partial charge in [-0.1, -0.05) is 0 Å². The molecule has 2 amide bonds. The maximum Gasteiger partial charge on any atom is 0.324 e. The lowest BCUT2D eigenvalue weighted by molar-refractivity contribution is -0.138. The summed E-state index contributed by atoms with van der Waals surface area (Å²) in [7, 11) is 0. The highest BCUT2D eigenvalue weighted by atomic mass is 19.1. The predicted molar refractivity (Wildman–Crippen MR) is 78.9 cm³/mol. The Balaban J connectivity index is 2.94.